The van der Waals surface area contributed by atoms with E-state index in [0.717, 1.165) is 10.9 Å². The third-order valence-electron chi connectivity index (χ3n) is 2.00. The van der Waals surface area contributed by atoms with E-state index in [0.29, 0.717) is 12.0 Å². The molecule has 0 radical (unpaired) electrons. The molecule has 5 heteroatoms. The summed E-state index contributed by atoms with van der Waals surface area (Å²) in [7, 11) is 2.40. The highest BCUT2D eigenvalue weighted by atomic mass is 31.0. The highest BCUT2D eigenvalue weighted by Crippen LogP contribution is 2.16. The van der Waals surface area contributed by atoms with Gasteiger partial charge in [0.25, 0.3) is 6.47 Å². The van der Waals surface area contributed by atoms with Crippen LogP contribution in [0.2, 0.25) is 0 Å². The van der Waals surface area contributed by atoms with Crippen molar-refractivity contribution >= 4 is 21.0 Å². The van der Waals surface area contributed by atoms with Gasteiger partial charge < -0.3 is 5.11 Å². The van der Waals surface area contributed by atoms with E-state index < -0.39 is 11.6 Å². The Balaban J connectivity index is 0.000000583. The normalized spacial score (nSPS) is 9.13. The van der Waals surface area contributed by atoms with Gasteiger partial charge in [0, 0.05) is 0 Å². The van der Waals surface area contributed by atoms with Crippen molar-refractivity contribution in [3.63, 3.8) is 0 Å². The average molecular weight is 234 g/mol. The summed E-state index contributed by atoms with van der Waals surface area (Å²) in [6, 6.07) is 1.20. The minimum absolute atomic E-state index is 0.250. The van der Waals surface area contributed by atoms with Gasteiger partial charge in [-0.05, 0) is 35.8 Å². The van der Waals surface area contributed by atoms with Gasteiger partial charge in [-0.2, -0.15) is 0 Å². The van der Waals surface area contributed by atoms with Crippen molar-refractivity contribution in [3.05, 3.63) is 28.8 Å². The van der Waals surface area contributed by atoms with Crippen LogP contribution in [0, 0.1) is 18.6 Å². The molecule has 1 aromatic rings. The second kappa shape index (κ2) is 6.46. The van der Waals surface area contributed by atoms with Gasteiger partial charge in [0.15, 0.2) is 11.6 Å². The predicted octanol–water partition coefficient (Wildman–Crippen LogP) is 2.04. The molecule has 0 spiro atoms. The second-order valence-corrected chi connectivity index (χ2v) is 3.45. The molecular formula is C10H13F2O2P. The summed E-state index contributed by atoms with van der Waals surface area (Å²) in [5, 5.41) is 7.62. The number of hydrogen-bond donors (Lipinski definition) is 1. The van der Waals surface area contributed by atoms with E-state index in [1.54, 1.807) is 6.92 Å². The summed E-state index contributed by atoms with van der Waals surface area (Å²) in [6.45, 7) is 3.36. The van der Waals surface area contributed by atoms with Gasteiger partial charge in [0.05, 0.1) is 0 Å². The second-order valence-electron chi connectivity index (χ2n) is 2.82. The lowest BCUT2D eigenvalue weighted by Crippen LogP contribution is -2.07. The Labute approximate surface area is 89.5 Å². The van der Waals surface area contributed by atoms with Gasteiger partial charge in [-0.1, -0.05) is 6.92 Å². The van der Waals surface area contributed by atoms with Gasteiger partial charge >= 0.3 is 0 Å². The quantitative estimate of drug-likeness (QED) is 0.596. The molecule has 0 bridgehead atoms. The Morgan fingerprint density at radius 2 is 2.00 bits per heavy atom. The van der Waals surface area contributed by atoms with Gasteiger partial charge in [0.2, 0.25) is 0 Å². The van der Waals surface area contributed by atoms with Crippen molar-refractivity contribution in [2.75, 3.05) is 0 Å². The molecule has 15 heavy (non-hydrogen) atoms. The van der Waals surface area contributed by atoms with E-state index >= 15 is 0 Å². The minimum Gasteiger partial charge on any atom is -0.483 e. The molecule has 0 aliphatic heterocycles. The molecule has 0 aliphatic rings. The van der Waals surface area contributed by atoms with E-state index in [9.17, 15) is 8.78 Å². The highest BCUT2D eigenvalue weighted by molar-refractivity contribution is 7.27. The summed E-state index contributed by atoms with van der Waals surface area (Å²) in [5.41, 5.74) is 1.29. The van der Waals surface area contributed by atoms with Gasteiger partial charge in [-0.15, -0.1) is 9.24 Å². The fourth-order valence-corrected chi connectivity index (χ4v) is 1.53. The maximum Gasteiger partial charge on any atom is 0.290 e. The van der Waals surface area contributed by atoms with E-state index in [2.05, 4.69) is 9.24 Å². The topological polar surface area (TPSA) is 37.3 Å². The van der Waals surface area contributed by atoms with Crippen molar-refractivity contribution in [1.29, 1.82) is 0 Å². The van der Waals surface area contributed by atoms with Gasteiger partial charge in [-0.3, -0.25) is 4.79 Å². The fourth-order valence-electron chi connectivity index (χ4n) is 1.21. The molecule has 2 nitrogen and oxygen atoms in total. The number of benzene rings is 1. The van der Waals surface area contributed by atoms with Gasteiger partial charge in [-0.25, -0.2) is 8.78 Å². The smallest absolute Gasteiger partial charge is 0.290 e. The van der Waals surface area contributed by atoms with Crippen LogP contribution < -0.4 is 5.30 Å². The Hall–Kier alpha value is -1.02. The highest BCUT2D eigenvalue weighted by Gasteiger charge is 2.11. The molecule has 0 amide bonds. The molecule has 0 saturated heterocycles. The van der Waals surface area contributed by atoms with Crippen LogP contribution in [0.15, 0.2) is 6.07 Å². The van der Waals surface area contributed by atoms with Crippen LogP contribution in [-0.4, -0.2) is 11.6 Å². The fraction of sp³-hybridized carbons (Fsp3) is 0.300. The summed E-state index contributed by atoms with van der Waals surface area (Å²) in [6.07, 6.45) is 0.525. The number of halogens is 2. The average Bonchev–Trinajstić information content (AvgIpc) is 2.17. The van der Waals surface area contributed by atoms with Crippen LogP contribution in [-0.2, 0) is 11.2 Å². The van der Waals surface area contributed by atoms with Crippen LogP contribution >= 0.6 is 9.24 Å². The zero-order chi connectivity index (χ0) is 12.0. The molecule has 1 aromatic carbocycles. The van der Waals surface area contributed by atoms with Crippen molar-refractivity contribution < 1.29 is 18.7 Å². The maximum atomic E-state index is 13.1. The zero-order valence-electron chi connectivity index (χ0n) is 8.55. The molecule has 0 aromatic heterocycles. The molecule has 1 unspecified atom stereocenters. The molecule has 1 atom stereocenters. The summed E-state index contributed by atoms with van der Waals surface area (Å²) in [4.78, 5) is 8.36. The van der Waals surface area contributed by atoms with Crippen molar-refractivity contribution in [2.24, 2.45) is 0 Å². The first kappa shape index (κ1) is 14.0. The summed E-state index contributed by atoms with van der Waals surface area (Å²) < 4.78 is 25.9. The molecule has 1 rings (SSSR count). The van der Waals surface area contributed by atoms with Crippen LogP contribution in [0.1, 0.15) is 18.1 Å². The predicted molar refractivity (Wildman–Crippen MR) is 58.5 cm³/mol. The molecule has 0 aliphatic carbocycles. The molecule has 0 saturated carbocycles. The number of carboxylic acid groups (broad SMARTS) is 1. The van der Waals surface area contributed by atoms with Crippen molar-refractivity contribution in [2.45, 2.75) is 20.3 Å². The molecule has 0 fully saturated rings. The third-order valence-corrected chi connectivity index (χ3v) is 2.60. The lowest BCUT2D eigenvalue weighted by molar-refractivity contribution is -0.122. The van der Waals surface area contributed by atoms with Crippen molar-refractivity contribution in [1.82, 2.24) is 0 Å². The SMILES string of the molecule is CCc1c(C)c(P)cc(F)c1F.O=CO. The van der Waals surface area contributed by atoms with E-state index in [4.69, 9.17) is 9.90 Å². The molecule has 0 heterocycles. The van der Waals surface area contributed by atoms with E-state index in [-0.39, 0.29) is 6.47 Å². The van der Waals surface area contributed by atoms with Crippen LogP contribution in [0.25, 0.3) is 0 Å². The summed E-state index contributed by atoms with van der Waals surface area (Å²) >= 11 is 0. The first-order valence-corrected chi connectivity index (χ1v) is 4.88. The number of rotatable bonds is 1. The van der Waals surface area contributed by atoms with Crippen LogP contribution in [0.5, 0.6) is 0 Å². The largest absolute Gasteiger partial charge is 0.483 e. The van der Waals surface area contributed by atoms with Crippen LogP contribution in [0.4, 0.5) is 8.78 Å². The monoisotopic (exact) mass is 234 g/mol. The Kier molecular flexibility index (Phi) is 6.02. The Morgan fingerprint density at radius 3 is 2.40 bits per heavy atom. The van der Waals surface area contributed by atoms with Gasteiger partial charge in [0.1, 0.15) is 0 Å². The van der Waals surface area contributed by atoms with E-state index in [1.165, 1.54) is 6.07 Å². The Bertz CT molecular complexity index is 328. The Morgan fingerprint density at radius 1 is 1.53 bits per heavy atom. The minimum atomic E-state index is -0.762. The first-order valence-electron chi connectivity index (χ1n) is 4.30. The zero-order valence-corrected chi connectivity index (χ0v) is 9.71. The lowest BCUT2D eigenvalue weighted by atomic mass is 10.1. The standard InChI is InChI=1S/C9H11F2P.CH2O2/c1-3-6-5(2)8(12)4-7(10)9(6)11;2-1-3/h4H,3,12H2,1-2H3;1H,(H,2,3). The first-order chi connectivity index (χ1) is 6.99. The van der Waals surface area contributed by atoms with E-state index in [1.807, 2.05) is 6.92 Å². The molecule has 84 valence electrons. The molecular weight excluding hydrogens is 221 g/mol. The maximum absolute atomic E-state index is 13.1. The molecule has 1 N–H and O–H groups in total. The third kappa shape index (κ3) is 3.56. The lowest BCUT2D eigenvalue weighted by Gasteiger charge is -2.08. The summed E-state index contributed by atoms with van der Waals surface area (Å²) in [5.74, 6) is -1.47. The van der Waals surface area contributed by atoms with Crippen LogP contribution in [0.3, 0.4) is 0 Å². The number of carbonyl (C=O) groups is 1. The number of hydrogen-bond acceptors (Lipinski definition) is 1. The van der Waals surface area contributed by atoms with Crippen molar-refractivity contribution in [3.8, 4) is 0 Å².